The van der Waals surface area contributed by atoms with Gasteiger partial charge in [0.05, 0.1) is 0 Å². The minimum Gasteiger partial charge on any atom is -0.458 e. The fourth-order valence-corrected chi connectivity index (χ4v) is 4.54. The van der Waals surface area contributed by atoms with E-state index in [4.69, 9.17) is 9.47 Å². The van der Waals surface area contributed by atoms with E-state index >= 15 is 0 Å². The van der Waals surface area contributed by atoms with Gasteiger partial charge in [-0.05, 0) is 62.3 Å². The number of aromatic nitrogens is 2. The van der Waals surface area contributed by atoms with Crippen molar-refractivity contribution in [2.45, 2.75) is 57.6 Å². The van der Waals surface area contributed by atoms with Gasteiger partial charge >= 0.3 is 18.1 Å². The Morgan fingerprint density at radius 3 is 2.26 bits per heavy atom. The van der Waals surface area contributed by atoms with Gasteiger partial charge in [-0.1, -0.05) is 48.5 Å². The molecule has 2 N–H and O–H groups in total. The van der Waals surface area contributed by atoms with Crippen LogP contribution in [0, 0.1) is 0 Å². The number of alkyl carbamates (subject to hydrolysis) is 1. The van der Waals surface area contributed by atoms with Crippen LogP contribution in [0.4, 0.5) is 9.59 Å². The first-order valence-corrected chi connectivity index (χ1v) is 12.8. The van der Waals surface area contributed by atoms with Crippen molar-refractivity contribution in [2.75, 3.05) is 13.2 Å². The average molecular weight is 519 g/mol. The first-order valence-electron chi connectivity index (χ1n) is 12.8. The summed E-state index contributed by atoms with van der Waals surface area (Å²) in [5.74, 6) is -0.502. The molecule has 0 saturated heterocycles. The van der Waals surface area contributed by atoms with E-state index in [0.29, 0.717) is 25.8 Å². The Kier molecular flexibility index (Phi) is 8.45. The van der Waals surface area contributed by atoms with Crippen LogP contribution in [0.3, 0.4) is 0 Å². The smallest absolute Gasteiger partial charge is 0.407 e. The molecule has 2 amide bonds. The van der Waals surface area contributed by atoms with Crippen molar-refractivity contribution >= 4 is 18.1 Å². The number of hydrogen-bond donors (Lipinski definition) is 2. The molecular formula is C29H34N4O5. The minimum atomic E-state index is -0.821. The summed E-state index contributed by atoms with van der Waals surface area (Å²) in [6.07, 6.45) is 5.41. The van der Waals surface area contributed by atoms with Crippen molar-refractivity contribution in [1.82, 2.24) is 20.2 Å². The number of amides is 2. The van der Waals surface area contributed by atoms with Gasteiger partial charge in [-0.25, -0.2) is 19.4 Å². The van der Waals surface area contributed by atoms with Crippen molar-refractivity contribution in [2.24, 2.45) is 0 Å². The number of imidazole rings is 1. The van der Waals surface area contributed by atoms with Crippen LogP contribution < -0.4 is 10.6 Å². The van der Waals surface area contributed by atoms with Gasteiger partial charge in [0.15, 0.2) is 0 Å². The molecule has 200 valence electrons. The number of benzene rings is 2. The molecule has 0 radical (unpaired) electrons. The summed E-state index contributed by atoms with van der Waals surface area (Å²) >= 11 is 0. The quantitative estimate of drug-likeness (QED) is 0.309. The highest BCUT2D eigenvalue weighted by molar-refractivity contribution is 5.84. The first kappa shape index (κ1) is 26.9. The molecule has 3 aromatic rings. The largest absolute Gasteiger partial charge is 0.458 e. The van der Waals surface area contributed by atoms with Crippen LogP contribution in [0.25, 0.3) is 11.1 Å². The summed E-state index contributed by atoms with van der Waals surface area (Å²) in [6.45, 7) is 5.96. The molecule has 38 heavy (non-hydrogen) atoms. The number of nitrogens with zero attached hydrogens (tertiary/aromatic N) is 2. The summed E-state index contributed by atoms with van der Waals surface area (Å²) < 4.78 is 12.3. The lowest BCUT2D eigenvalue weighted by molar-refractivity contribution is -0.157. The van der Waals surface area contributed by atoms with Gasteiger partial charge in [-0.2, -0.15) is 0 Å². The van der Waals surface area contributed by atoms with Crippen LogP contribution in [0.15, 0.2) is 67.3 Å². The van der Waals surface area contributed by atoms with E-state index in [1.54, 1.807) is 20.8 Å². The van der Waals surface area contributed by atoms with Crippen LogP contribution in [0.2, 0.25) is 0 Å². The predicted octanol–water partition coefficient (Wildman–Crippen LogP) is 4.86. The number of carbonyl (C=O) groups is 3. The van der Waals surface area contributed by atoms with E-state index in [9.17, 15) is 14.4 Å². The highest BCUT2D eigenvalue weighted by Gasteiger charge is 2.29. The Hall–Kier alpha value is -4.14. The van der Waals surface area contributed by atoms with Gasteiger partial charge in [0, 0.05) is 24.9 Å². The Balaban J connectivity index is 1.23. The van der Waals surface area contributed by atoms with Crippen LogP contribution in [0.5, 0.6) is 0 Å². The van der Waals surface area contributed by atoms with E-state index in [1.165, 1.54) is 34.4 Å². The Bertz CT molecular complexity index is 1220. The fraction of sp³-hybridized carbons (Fsp3) is 0.379. The summed E-state index contributed by atoms with van der Waals surface area (Å²) in [5.41, 5.74) is 3.99. The van der Waals surface area contributed by atoms with Crippen LogP contribution in [-0.4, -0.2) is 52.4 Å². The van der Waals surface area contributed by atoms with Gasteiger partial charge in [0.1, 0.15) is 24.6 Å². The lowest BCUT2D eigenvalue weighted by Crippen LogP contribution is -2.45. The minimum absolute atomic E-state index is 0.00171. The average Bonchev–Trinajstić information content (AvgIpc) is 3.52. The van der Waals surface area contributed by atoms with Gasteiger partial charge in [-0.3, -0.25) is 4.57 Å². The molecule has 0 spiro atoms. The highest BCUT2D eigenvalue weighted by atomic mass is 16.6. The second-order valence-corrected chi connectivity index (χ2v) is 10.3. The standard InChI is InChI=1S/C29H34N4O5/c1-29(2,3)38-26(34)25(32-27(35)33-17-16-30-19-33)14-8-9-15-31-28(36)37-18-24-22-12-6-4-10-20(22)21-11-5-7-13-23(21)24/h4-7,10-13,16-17,19,24-25H,8-9,14-15,18H2,1-3H3,(H,31,36)(H,32,35)/t25-/m0/s1. The van der Waals surface area contributed by atoms with E-state index < -0.39 is 29.7 Å². The van der Waals surface area contributed by atoms with E-state index in [1.807, 2.05) is 24.3 Å². The van der Waals surface area contributed by atoms with Crippen molar-refractivity contribution in [1.29, 1.82) is 0 Å². The second kappa shape index (κ2) is 11.9. The number of carbonyl (C=O) groups excluding carboxylic acids is 3. The van der Waals surface area contributed by atoms with E-state index in [-0.39, 0.29) is 12.5 Å². The van der Waals surface area contributed by atoms with Crippen molar-refractivity contribution < 1.29 is 23.9 Å². The molecule has 0 bridgehead atoms. The first-order chi connectivity index (χ1) is 18.2. The van der Waals surface area contributed by atoms with Crippen molar-refractivity contribution in [3.8, 4) is 11.1 Å². The zero-order valence-corrected chi connectivity index (χ0v) is 22.0. The number of esters is 1. The Morgan fingerprint density at radius 1 is 1.00 bits per heavy atom. The SMILES string of the molecule is CC(C)(C)OC(=O)[C@H](CCCCNC(=O)OCC1c2ccccc2-c2ccccc21)NC(=O)n1ccnc1. The zero-order valence-electron chi connectivity index (χ0n) is 22.0. The molecular weight excluding hydrogens is 484 g/mol. The number of hydrogen-bond acceptors (Lipinski definition) is 6. The normalized spacial score (nSPS) is 13.2. The van der Waals surface area contributed by atoms with Gasteiger partial charge < -0.3 is 20.1 Å². The van der Waals surface area contributed by atoms with Crippen molar-refractivity contribution in [3.05, 3.63) is 78.4 Å². The van der Waals surface area contributed by atoms with Crippen molar-refractivity contribution in [3.63, 3.8) is 0 Å². The summed E-state index contributed by atoms with van der Waals surface area (Å²) in [7, 11) is 0. The van der Waals surface area contributed by atoms with Gasteiger partial charge in [0.2, 0.25) is 0 Å². The molecule has 4 rings (SSSR count). The molecule has 2 aromatic carbocycles. The maximum absolute atomic E-state index is 12.7. The molecule has 9 heteroatoms. The van der Waals surface area contributed by atoms with Crippen LogP contribution >= 0.6 is 0 Å². The zero-order chi connectivity index (χ0) is 27.1. The lowest BCUT2D eigenvalue weighted by atomic mass is 9.98. The van der Waals surface area contributed by atoms with Crippen LogP contribution in [-0.2, 0) is 14.3 Å². The van der Waals surface area contributed by atoms with Gasteiger partial charge in [-0.15, -0.1) is 0 Å². The molecule has 1 heterocycles. The maximum atomic E-state index is 12.7. The fourth-order valence-electron chi connectivity index (χ4n) is 4.54. The third-order valence-electron chi connectivity index (χ3n) is 6.26. The van der Waals surface area contributed by atoms with Crippen LogP contribution in [0.1, 0.15) is 57.1 Å². The molecule has 1 aromatic heterocycles. The van der Waals surface area contributed by atoms with E-state index in [0.717, 1.165) is 11.1 Å². The predicted molar refractivity (Wildman–Crippen MR) is 143 cm³/mol. The molecule has 9 nitrogen and oxygen atoms in total. The molecule has 0 aliphatic heterocycles. The second-order valence-electron chi connectivity index (χ2n) is 10.3. The number of rotatable bonds is 9. The Labute approximate surface area is 222 Å². The highest BCUT2D eigenvalue weighted by Crippen LogP contribution is 2.44. The summed E-state index contributed by atoms with van der Waals surface area (Å²) in [5, 5.41) is 5.49. The Morgan fingerprint density at radius 2 is 1.66 bits per heavy atom. The third kappa shape index (κ3) is 6.79. The number of fused-ring (bicyclic) bond motifs is 3. The maximum Gasteiger partial charge on any atom is 0.407 e. The number of unbranched alkanes of at least 4 members (excludes halogenated alkanes) is 1. The monoisotopic (exact) mass is 518 g/mol. The van der Waals surface area contributed by atoms with E-state index in [2.05, 4.69) is 39.9 Å². The lowest BCUT2D eigenvalue weighted by Gasteiger charge is -2.24. The summed E-state index contributed by atoms with van der Waals surface area (Å²) in [4.78, 5) is 41.3. The topological polar surface area (TPSA) is 112 Å². The molecule has 0 fully saturated rings. The molecule has 1 aliphatic carbocycles. The van der Waals surface area contributed by atoms with Gasteiger partial charge in [0.25, 0.3) is 0 Å². The number of ether oxygens (including phenoxy) is 2. The third-order valence-corrected chi connectivity index (χ3v) is 6.26. The molecule has 0 unspecified atom stereocenters. The molecule has 0 saturated carbocycles. The number of nitrogens with one attached hydrogen (secondary N) is 2. The summed E-state index contributed by atoms with van der Waals surface area (Å²) in [6, 6.07) is 15.1. The molecule has 1 atom stereocenters. The molecule has 1 aliphatic rings.